The van der Waals surface area contributed by atoms with Crippen molar-refractivity contribution in [1.82, 2.24) is 36.1 Å². The van der Waals surface area contributed by atoms with Gasteiger partial charge in [-0.2, -0.15) is 11.8 Å². The molecule has 6 aromatic carbocycles. The van der Waals surface area contributed by atoms with Gasteiger partial charge in [0.25, 0.3) is 0 Å². The highest BCUT2D eigenvalue weighted by Crippen LogP contribution is 2.45. The normalized spacial score (nSPS) is 23.4. The smallest absolute Gasteiger partial charge is 0.224 e. The number of guanidine groups is 1. The summed E-state index contributed by atoms with van der Waals surface area (Å²) in [7, 11) is 2.21. The number of rotatable bonds is 28. The minimum Gasteiger partial charge on any atom is -0.508 e. The molecule has 22 nitrogen and oxygen atoms in total. The molecule has 0 bridgehead atoms. The van der Waals surface area contributed by atoms with Gasteiger partial charge in [0, 0.05) is 128 Å². The molecule has 2 aliphatic heterocycles. The number of unbranched alkanes of at least 4 members (excludes halogenated alkanes) is 1. The van der Waals surface area contributed by atoms with Crippen molar-refractivity contribution in [2.24, 2.45) is 57.7 Å². The molecule has 2 aromatic heterocycles. The van der Waals surface area contributed by atoms with Crippen molar-refractivity contribution in [3.63, 3.8) is 0 Å². The number of hydrogen-bond donors (Lipinski definition) is 11. The maximum Gasteiger partial charge on any atom is 0.224 e. The number of para-hydroxylation sites is 1. The summed E-state index contributed by atoms with van der Waals surface area (Å²) in [6, 6.07) is 40.1. The third-order valence-electron chi connectivity index (χ3n) is 23.9. The number of aromatic amines is 2. The molecule has 14 N–H and O–H groups in total. The quantitative estimate of drug-likeness (QED) is 0.0123. The maximum atomic E-state index is 15.6. The average Bonchev–Trinajstić information content (AvgIpc) is 1.67. The number of carbonyl (C=O) groups excluding carboxylic acids is 9. The van der Waals surface area contributed by atoms with Crippen LogP contribution in [0.4, 0.5) is 4.39 Å². The molecule has 3 amide bonds. The lowest BCUT2D eigenvalue weighted by Crippen LogP contribution is -2.51. The van der Waals surface area contributed by atoms with Crippen LogP contribution in [0.1, 0.15) is 155 Å². The second-order valence-corrected chi connectivity index (χ2v) is 33.9. The first-order valence-corrected chi connectivity index (χ1v) is 42.9. The summed E-state index contributed by atoms with van der Waals surface area (Å²) in [5.41, 5.74) is 25.8. The Morgan fingerprint density at radius 1 is 0.624 bits per heavy atom. The van der Waals surface area contributed by atoms with Crippen LogP contribution in [0.3, 0.4) is 0 Å². The molecule has 2 fully saturated rings. The Kier molecular flexibility index (Phi) is 32.6. The fourth-order valence-corrected chi connectivity index (χ4v) is 18.6. The number of thioether (sulfide) groups is 1. The van der Waals surface area contributed by atoms with Crippen molar-refractivity contribution in [2.45, 2.75) is 190 Å². The molecule has 0 unspecified atom stereocenters. The van der Waals surface area contributed by atoms with Gasteiger partial charge in [-0.15, -0.1) is 0 Å². The van der Waals surface area contributed by atoms with E-state index in [1.54, 1.807) is 30.1 Å². The summed E-state index contributed by atoms with van der Waals surface area (Å²) < 4.78 is 14.5. The van der Waals surface area contributed by atoms with Crippen LogP contribution in [0.25, 0.3) is 21.8 Å². The molecule has 0 saturated carbocycles. The number of nitrogens with zero attached hydrogens (tertiary/aromatic N) is 2. The van der Waals surface area contributed by atoms with E-state index in [9.17, 15) is 33.8 Å². The van der Waals surface area contributed by atoms with Gasteiger partial charge >= 0.3 is 0 Å². The van der Waals surface area contributed by atoms with E-state index in [0.717, 1.165) is 47.1 Å². The van der Waals surface area contributed by atoms with E-state index >= 15 is 24.0 Å². The van der Waals surface area contributed by atoms with Crippen molar-refractivity contribution in [1.29, 1.82) is 0 Å². The van der Waals surface area contributed by atoms with Crippen LogP contribution in [-0.4, -0.2) is 165 Å². The highest BCUT2D eigenvalue weighted by molar-refractivity contribution is 7.99. The van der Waals surface area contributed by atoms with Crippen molar-refractivity contribution in [3.8, 4) is 5.75 Å². The number of phenols is 1. The lowest BCUT2D eigenvalue weighted by Gasteiger charge is -2.45. The molecule has 117 heavy (non-hydrogen) atoms. The lowest BCUT2D eigenvalue weighted by molar-refractivity contribution is -0.136. The number of aliphatic hydroxyl groups excluding tert-OH is 1. The molecule has 24 heteroatoms. The molecular weight excluding hydrogens is 1500 g/mol. The van der Waals surface area contributed by atoms with Crippen molar-refractivity contribution in [3.05, 3.63) is 209 Å². The summed E-state index contributed by atoms with van der Waals surface area (Å²) in [5, 5.41) is 36.5. The zero-order chi connectivity index (χ0) is 82.9. The molecular formula is C93H116FN11O11S. The van der Waals surface area contributed by atoms with Gasteiger partial charge in [-0.25, -0.2) is 4.39 Å². The average molecular weight is 1620 g/mol. The van der Waals surface area contributed by atoms with Crippen molar-refractivity contribution < 1.29 is 57.8 Å². The van der Waals surface area contributed by atoms with Crippen LogP contribution >= 0.6 is 11.8 Å². The van der Waals surface area contributed by atoms with Gasteiger partial charge in [0.05, 0.1) is 30.0 Å². The largest absolute Gasteiger partial charge is 0.508 e. The minimum atomic E-state index is -1.53. The lowest BCUT2D eigenvalue weighted by atomic mass is 9.73. The van der Waals surface area contributed by atoms with Gasteiger partial charge in [0.1, 0.15) is 29.2 Å². The number of piperidine rings is 1. The number of aliphatic imine (C=N–C) groups is 1. The first-order chi connectivity index (χ1) is 56.5. The van der Waals surface area contributed by atoms with Gasteiger partial charge in [0.15, 0.2) is 29.1 Å². The van der Waals surface area contributed by atoms with Gasteiger partial charge in [0.2, 0.25) is 17.7 Å². The van der Waals surface area contributed by atoms with Crippen LogP contribution in [0.2, 0.25) is 0 Å². The summed E-state index contributed by atoms with van der Waals surface area (Å²) in [5.74, 6) is -7.61. The number of H-pyrrole nitrogens is 2. The Bertz CT molecular complexity index is 4690. The van der Waals surface area contributed by atoms with E-state index in [1.165, 1.54) is 47.7 Å². The Morgan fingerprint density at radius 3 is 1.94 bits per heavy atom. The van der Waals surface area contributed by atoms with Crippen LogP contribution in [0.15, 0.2) is 169 Å². The highest BCUT2D eigenvalue weighted by atomic mass is 32.2. The van der Waals surface area contributed by atoms with Crippen LogP contribution in [-0.2, 0) is 81.7 Å². The monoisotopic (exact) mass is 1610 g/mol. The standard InChI is InChI=1S/C93H116FN11O11S/c1-58(106)89-87(113)50-67(41-62-30-34-71(94)35-31-62)83(109)29-11-5-10-27-78(99-52-63(40-61-32-36-72(107)37-33-61)43-73(108)57-117-56-64-44-76-75-25-16-28-79-88(75)70(54-101-79)47-82(76)105(2)55-64)84(110)48-66(23-17-39-98-93(96)97)90(114)102-80(45-60-20-8-4-9-21-60)86(112)51-68(42-59-18-6-3-7-19-59)92(116)103-81(46-69-53-100-77-26-13-12-24-74(69)77)85(111)49-65(91(115)104-89)22-14-15-38-95/h3-4,6-9,12-13,16,18-21,24-26,28,30-37,53-54,58,63-68,76,78,80-82,89,99-101,106-107H,5,10-11,14-15,17,22-23,27,29,38-52,55-57,95H2,1-2H3,(H,102,114)(H,103,116)(H,104,115)(H4,96,97,98)/t58-,63-,64-,65-,66-,67-,68-,76-,78-,80+,81-,82-,89+/m1/s1. The number of amides is 3. The number of carbonyl (C=O) groups is 9. The van der Waals surface area contributed by atoms with Crippen LogP contribution in [0, 0.1) is 41.3 Å². The zero-order valence-electron chi connectivity index (χ0n) is 67.4. The molecule has 11 rings (SSSR count). The van der Waals surface area contributed by atoms with Crippen molar-refractivity contribution >= 4 is 91.9 Å². The highest BCUT2D eigenvalue weighted by Gasteiger charge is 2.41. The van der Waals surface area contributed by atoms with Crippen LogP contribution in [0.5, 0.6) is 5.75 Å². The maximum absolute atomic E-state index is 15.6. The van der Waals surface area contributed by atoms with E-state index in [2.05, 4.69) is 72.6 Å². The first-order valence-electron chi connectivity index (χ1n) is 41.8. The first kappa shape index (κ1) is 87.8. The van der Waals surface area contributed by atoms with Gasteiger partial charge in [-0.3, -0.25) is 48.1 Å². The van der Waals surface area contributed by atoms with Gasteiger partial charge in [-0.1, -0.05) is 135 Å². The molecule has 2 saturated heterocycles. The number of likely N-dealkylation sites (N-methyl/N-ethyl adjacent to an activating group) is 1. The number of phenolic OH excluding ortho intramolecular Hbond substituents is 1. The van der Waals surface area contributed by atoms with E-state index in [-0.39, 0.29) is 131 Å². The molecule has 4 heterocycles. The minimum absolute atomic E-state index is 0.00118. The molecule has 622 valence electrons. The Hall–Kier alpha value is -9.98. The predicted octanol–water partition coefficient (Wildman–Crippen LogP) is 10.8. The fraction of sp³-hybridized carbons (Fsp3) is 0.462. The number of hydrogen-bond acceptors (Lipinski definition) is 16. The zero-order valence-corrected chi connectivity index (χ0v) is 68.2. The van der Waals surface area contributed by atoms with Crippen molar-refractivity contribution in [2.75, 3.05) is 44.7 Å². The number of halogens is 1. The number of likely N-dealkylation sites (tertiary alicyclic amines) is 1. The van der Waals surface area contributed by atoms with E-state index in [4.69, 9.17) is 17.2 Å². The van der Waals surface area contributed by atoms with E-state index in [1.807, 2.05) is 97.1 Å². The Labute approximate surface area is 689 Å². The number of aliphatic hydroxyl groups is 1. The summed E-state index contributed by atoms with van der Waals surface area (Å²) in [6.07, 6.45) is 6.22. The van der Waals surface area contributed by atoms with Gasteiger partial charge in [-0.05, 0) is 197 Å². The Morgan fingerprint density at radius 2 is 1.23 bits per heavy atom. The fourth-order valence-electron chi connectivity index (χ4n) is 17.6. The number of Topliss-reactive ketones (excluding diaryl/α,β-unsaturated/α-hetero) is 6. The number of nitrogens with two attached hydrogens (primary N) is 3. The number of nitrogens with one attached hydrogen (secondary N) is 6. The number of benzene rings is 6. The number of fused-ring (bicyclic) bond motifs is 3. The third-order valence-corrected chi connectivity index (χ3v) is 25.1. The summed E-state index contributed by atoms with van der Waals surface area (Å²) in [6.45, 7) is 2.86. The topological polar surface area (TPSA) is 367 Å². The number of aromatic nitrogens is 2. The molecule has 0 radical (unpaired) electrons. The van der Waals surface area contributed by atoms with Gasteiger partial charge < -0.3 is 63.5 Å². The predicted molar refractivity (Wildman–Crippen MR) is 457 cm³/mol. The molecule has 3 aliphatic rings. The molecule has 13 atom stereocenters. The molecule has 8 aromatic rings. The second-order valence-electron chi connectivity index (χ2n) is 32.8. The number of ketones is 6. The molecule has 0 spiro atoms. The summed E-state index contributed by atoms with van der Waals surface area (Å²) in [4.78, 5) is 150. The van der Waals surface area contributed by atoms with E-state index in [0.29, 0.717) is 78.7 Å². The molecule has 1 aliphatic carbocycles. The summed E-state index contributed by atoms with van der Waals surface area (Å²) >= 11 is 1.65. The second kappa shape index (κ2) is 43.5. The third kappa shape index (κ3) is 25.5. The SMILES string of the molecule is C[C@@H](O)[C@@H]1NC(=O)[C@H](CCCCN)CC(=O)[C@@H](Cc2c[nH]c3ccccc23)NC(=O)[C@H](Cc2ccccc2)CC(=O)[C@H](Cc2ccccc2)NC(=O)[C@H](CCCN=C(N)N)CC(=O)[C@H](NC[C@@H](CC(=O)CSC[C@@H]2C[C@@H]3c4cccc5[nH]cc(c45)C[C@H]3N(C)C2)Cc2ccc(O)cc2)CCCCCC(=O)[C@H](Cc2ccc(F)cc2)CC1=O. The van der Waals surface area contributed by atoms with E-state index < -0.39 is 114 Å². The Balaban J connectivity index is 0.908. The van der Waals surface area contributed by atoms with Crippen LogP contribution < -0.4 is 38.5 Å². The number of aromatic hydroxyl groups is 1.